The second kappa shape index (κ2) is 6.02. The summed E-state index contributed by atoms with van der Waals surface area (Å²) in [5.74, 6) is 2.53. The summed E-state index contributed by atoms with van der Waals surface area (Å²) in [6.45, 7) is 2.80. The van der Waals surface area contributed by atoms with Crippen LogP contribution >= 0.6 is 0 Å². The Morgan fingerprint density at radius 2 is 1.58 bits per heavy atom. The van der Waals surface area contributed by atoms with Crippen molar-refractivity contribution >= 4 is 28.9 Å². The third-order valence-corrected chi connectivity index (χ3v) is 9.83. The molecule has 0 spiro atoms. The molecule has 19 heavy (non-hydrogen) atoms. The van der Waals surface area contributed by atoms with Crippen LogP contribution in [0, 0.1) is 0 Å². The molecule has 4 heteroatoms. The summed E-state index contributed by atoms with van der Waals surface area (Å²) in [4.78, 5) is 12.4. The normalized spacial score (nSPS) is 19.2. The molecule has 1 aliphatic heterocycles. The van der Waals surface area contributed by atoms with E-state index in [0.717, 1.165) is 0 Å². The van der Waals surface area contributed by atoms with Gasteiger partial charge < -0.3 is 0 Å². The molecule has 102 valence electrons. The zero-order valence-corrected chi connectivity index (χ0v) is 15.7. The van der Waals surface area contributed by atoms with Crippen molar-refractivity contribution in [2.75, 3.05) is 27.2 Å². The van der Waals surface area contributed by atoms with E-state index in [2.05, 4.69) is 74.8 Å². The molecular formula is C15H25BN2Sn. The maximum absolute atomic E-state index is 2.53. The number of hydrogen-bond donors (Lipinski definition) is 0. The van der Waals surface area contributed by atoms with Crippen molar-refractivity contribution in [1.29, 1.82) is 0 Å². The number of rotatable bonds is 3. The summed E-state index contributed by atoms with van der Waals surface area (Å²) < 4.78 is 1.64. The van der Waals surface area contributed by atoms with Gasteiger partial charge in [0.15, 0.2) is 0 Å². The van der Waals surface area contributed by atoms with Crippen molar-refractivity contribution in [2.24, 2.45) is 0 Å². The van der Waals surface area contributed by atoms with Gasteiger partial charge in [0.1, 0.15) is 0 Å². The third-order valence-electron chi connectivity index (χ3n) is 3.92. The van der Waals surface area contributed by atoms with Crippen molar-refractivity contribution in [3.8, 4) is 0 Å². The fourth-order valence-electron chi connectivity index (χ4n) is 2.72. The monoisotopic (exact) mass is 364 g/mol. The van der Waals surface area contributed by atoms with E-state index in [4.69, 9.17) is 0 Å². The SMILES string of the molecule is CN1CCN(C)B1C=[C](c1ccccc1)[Sn]([CH3])([CH3])[CH3]. The molecule has 2 nitrogen and oxygen atoms in total. The third kappa shape index (κ3) is 3.64. The molecule has 0 saturated carbocycles. The van der Waals surface area contributed by atoms with Crippen LogP contribution in [-0.4, -0.2) is 62.2 Å². The minimum atomic E-state index is -2.12. The molecule has 0 atom stereocenters. The summed E-state index contributed by atoms with van der Waals surface area (Å²) in [6.07, 6.45) is 0. The Balaban J connectivity index is 2.39. The topological polar surface area (TPSA) is 6.48 Å². The van der Waals surface area contributed by atoms with Crippen LogP contribution in [-0.2, 0) is 0 Å². The van der Waals surface area contributed by atoms with Crippen molar-refractivity contribution in [1.82, 2.24) is 9.62 Å². The Labute approximate surface area is 122 Å². The molecule has 0 bridgehead atoms. The predicted octanol–water partition coefficient (Wildman–Crippen LogP) is 2.85. The van der Waals surface area contributed by atoms with E-state index in [9.17, 15) is 0 Å². The first-order valence-electron chi connectivity index (χ1n) is 7.08. The zero-order valence-electron chi connectivity index (χ0n) is 12.9. The quantitative estimate of drug-likeness (QED) is 0.763. The summed E-state index contributed by atoms with van der Waals surface area (Å²) in [7, 11) is 4.46. The van der Waals surface area contributed by atoms with Gasteiger partial charge in [0.2, 0.25) is 0 Å². The van der Waals surface area contributed by atoms with E-state index in [1.54, 1.807) is 3.59 Å². The van der Waals surface area contributed by atoms with Crippen molar-refractivity contribution in [3.05, 3.63) is 41.9 Å². The first-order chi connectivity index (χ1) is 8.89. The van der Waals surface area contributed by atoms with Gasteiger partial charge in [0, 0.05) is 0 Å². The standard InChI is InChI=1S/C12H16BN2.3CH3.Sn/c1-14-10-11-15(2)13(14)9-8-12-6-4-3-5-7-12;;;;/h3-7,9H,10-11H2,1-2H3;3*1H3;. The van der Waals surface area contributed by atoms with Crippen LogP contribution in [0.25, 0.3) is 3.59 Å². The molecule has 0 aromatic heterocycles. The number of likely N-dealkylation sites (N-methyl/N-ethyl adjacent to an activating group) is 2. The Morgan fingerprint density at radius 1 is 1.05 bits per heavy atom. The van der Waals surface area contributed by atoms with E-state index < -0.39 is 18.4 Å². The predicted molar refractivity (Wildman–Crippen MR) is 88.8 cm³/mol. The Kier molecular flexibility index (Phi) is 4.80. The fourth-order valence-corrected chi connectivity index (χ4v) is 7.52. The first-order valence-corrected chi connectivity index (χ1v) is 17.1. The molecule has 1 heterocycles. The summed E-state index contributed by atoms with van der Waals surface area (Å²) >= 11 is -2.12. The fraction of sp³-hybridized carbons (Fsp3) is 0.467. The van der Waals surface area contributed by atoms with Crippen LogP contribution in [0.4, 0.5) is 0 Å². The molecule has 0 unspecified atom stereocenters. The molecule has 1 aliphatic rings. The summed E-state index contributed by atoms with van der Waals surface area (Å²) in [6, 6.07) is 10.9. The van der Waals surface area contributed by atoms with Crippen LogP contribution in [0.15, 0.2) is 36.3 Å². The van der Waals surface area contributed by atoms with E-state index in [1.807, 2.05) is 0 Å². The van der Waals surface area contributed by atoms with E-state index >= 15 is 0 Å². The molecule has 1 aromatic carbocycles. The van der Waals surface area contributed by atoms with Crippen LogP contribution in [0.2, 0.25) is 14.8 Å². The van der Waals surface area contributed by atoms with Crippen LogP contribution in [0.5, 0.6) is 0 Å². The molecule has 0 amide bonds. The zero-order chi connectivity index (χ0) is 14.0. The van der Waals surface area contributed by atoms with Gasteiger partial charge in [-0.1, -0.05) is 0 Å². The summed E-state index contributed by atoms with van der Waals surface area (Å²) in [5, 5.41) is 0. The van der Waals surface area contributed by atoms with E-state index in [1.165, 1.54) is 18.7 Å². The Morgan fingerprint density at radius 3 is 2.05 bits per heavy atom. The van der Waals surface area contributed by atoms with Gasteiger partial charge in [-0.15, -0.1) is 0 Å². The molecule has 0 radical (unpaired) electrons. The molecule has 1 fully saturated rings. The molecule has 0 aliphatic carbocycles. The average molecular weight is 363 g/mol. The van der Waals surface area contributed by atoms with Crippen molar-refractivity contribution in [3.63, 3.8) is 0 Å². The number of nitrogens with zero attached hydrogens (tertiary/aromatic N) is 2. The van der Waals surface area contributed by atoms with Crippen molar-refractivity contribution in [2.45, 2.75) is 14.8 Å². The average Bonchev–Trinajstić information content (AvgIpc) is 2.66. The Hall–Kier alpha value is -0.256. The van der Waals surface area contributed by atoms with Gasteiger partial charge >= 0.3 is 122 Å². The molecule has 1 aromatic rings. The van der Waals surface area contributed by atoms with Crippen molar-refractivity contribution < 1.29 is 0 Å². The molecule has 2 rings (SSSR count). The van der Waals surface area contributed by atoms with Gasteiger partial charge in [0.25, 0.3) is 0 Å². The maximum atomic E-state index is 2.53. The second-order valence-corrected chi connectivity index (χ2v) is 21.0. The van der Waals surface area contributed by atoms with Crippen LogP contribution in [0.3, 0.4) is 0 Å². The summed E-state index contributed by atoms with van der Waals surface area (Å²) in [5.41, 5.74) is 1.43. The number of hydrogen-bond acceptors (Lipinski definition) is 2. The van der Waals surface area contributed by atoms with Gasteiger partial charge in [-0.05, 0) is 0 Å². The van der Waals surface area contributed by atoms with Crippen LogP contribution < -0.4 is 0 Å². The van der Waals surface area contributed by atoms with Gasteiger partial charge in [-0.25, -0.2) is 0 Å². The minimum absolute atomic E-state index is 0.464. The molecule has 0 N–H and O–H groups in total. The Bertz CT molecular complexity index is 443. The van der Waals surface area contributed by atoms with Gasteiger partial charge in [-0.3, -0.25) is 0 Å². The second-order valence-electron chi connectivity index (χ2n) is 6.57. The van der Waals surface area contributed by atoms with E-state index in [0.29, 0.717) is 6.98 Å². The first kappa shape index (κ1) is 15.1. The molecule has 1 saturated heterocycles. The number of benzene rings is 1. The van der Waals surface area contributed by atoms with Crippen LogP contribution in [0.1, 0.15) is 5.56 Å². The van der Waals surface area contributed by atoms with Gasteiger partial charge in [-0.2, -0.15) is 0 Å². The van der Waals surface area contributed by atoms with E-state index in [-0.39, 0.29) is 0 Å². The molecular weight excluding hydrogens is 338 g/mol. The van der Waals surface area contributed by atoms with Gasteiger partial charge in [0.05, 0.1) is 0 Å².